The Morgan fingerprint density at radius 1 is 0.340 bits per heavy atom. The van der Waals surface area contributed by atoms with Gasteiger partial charge in [-0.25, -0.2) is 15.0 Å². The summed E-state index contributed by atoms with van der Waals surface area (Å²) in [4.78, 5) is 15.1. The molecule has 4 nitrogen and oxygen atoms in total. The quantitative estimate of drug-likeness (QED) is 0.197. The van der Waals surface area contributed by atoms with Crippen LogP contribution in [0.4, 0.5) is 0 Å². The first-order chi connectivity index (χ1) is 23.3. The molecule has 0 saturated carbocycles. The monoisotopic (exact) mass is 600 g/mol. The lowest BCUT2D eigenvalue weighted by Gasteiger charge is -2.14. The minimum Gasteiger partial charge on any atom is -0.309 e. The van der Waals surface area contributed by atoms with Crippen LogP contribution in [0, 0.1) is 0 Å². The van der Waals surface area contributed by atoms with Crippen molar-refractivity contribution in [3.05, 3.63) is 170 Å². The molecule has 47 heavy (non-hydrogen) atoms. The third-order valence-electron chi connectivity index (χ3n) is 8.80. The molecular formula is C43H28N4. The number of aromatic nitrogens is 4. The Hall–Kier alpha value is -6.39. The molecule has 220 valence electrons. The van der Waals surface area contributed by atoms with Gasteiger partial charge in [0, 0.05) is 33.2 Å². The van der Waals surface area contributed by atoms with Crippen molar-refractivity contribution in [2.24, 2.45) is 0 Å². The second kappa shape index (κ2) is 11.2. The molecule has 2 aromatic heterocycles. The van der Waals surface area contributed by atoms with Gasteiger partial charge in [0.1, 0.15) is 0 Å². The molecule has 9 aromatic rings. The second-order valence-corrected chi connectivity index (χ2v) is 11.7. The van der Waals surface area contributed by atoms with Crippen LogP contribution in [0.5, 0.6) is 0 Å². The third kappa shape index (κ3) is 4.75. The van der Waals surface area contributed by atoms with Crippen LogP contribution in [0.15, 0.2) is 170 Å². The van der Waals surface area contributed by atoms with Crippen molar-refractivity contribution in [1.82, 2.24) is 19.5 Å². The van der Waals surface area contributed by atoms with Crippen molar-refractivity contribution in [2.45, 2.75) is 0 Å². The van der Waals surface area contributed by atoms with Gasteiger partial charge in [-0.15, -0.1) is 0 Å². The van der Waals surface area contributed by atoms with Gasteiger partial charge in [-0.1, -0.05) is 140 Å². The number of fused-ring (bicyclic) bond motifs is 5. The molecule has 0 saturated heterocycles. The van der Waals surface area contributed by atoms with Gasteiger partial charge in [-0.05, 0) is 52.2 Å². The lowest BCUT2D eigenvalue weighted by molar-refractivity contribution is 1.07. The summed E-state index contributed by atoms with van der Waals surface area (Å²) >= 11 is 0. The van der Waals surface area contributed by atoms with Gasteiger partial charge in [-0.3, -0.25) is 0 Å². The molecule has 0 spiro atoms. The van der Waals surface area contributed by atoms with Gasteiger partial charge < -0.3 is 4.57 Å². The van der Waals surface area contributed by atoms with E-state index in [1.165, 1.54) is 21.5 Å². The second-order valence-electron chi connectivity index (χ2n) is 11.7. The summed E-state index contributed by atoms with van der Waals surface area (Å²) in [6, 6.07) is 59.2. The fraction of sp³-hybridized carbons (Fsp3) is 0. The summed E-state index contributed by atoms with van der Waals surface area (Å²) in [5.74, 6) is 1.91. The van der Waals surface area contributed by atoms with Crippen LogP contribution in [0.3, 0.4) is 0 Å². The fourth-order valence-electron chi connectivity index (χ4n) is 6.62. The zero-order valence-corrected chi connectivity index (χ0v) is 25.5. The first-order valence-corrected chi connectivity index (χ1v) is 15.8. The largest absolute Gasteiger partial charge is 0.309 e. The number of benzene rings is 7. The van der Waals surface area contributed by atoms with Crippen molar-refractivity contribution >= 4 is 32.6 Å². The third-order valence-corrected chi connectivity index (χ3v) is 8.80. The normalized spacial score (nSPS) is 11.4. The van der Waals surface area contributed by atoms with Gasteiger partial charge in [0.25, 0.3) is 0 Å². The zero-order chi connectivity index (χ0) is 31.2. The van der Waals surface area contributed by atoms with E-state index >= 15 is 0 Å². The molecule has 0 radical (unpaired) electrons. The molecule has 4 heteroatoms. The lowest BCUT2D eigenvalue weighted by atomic mass is 10.0. The van der Waals surface area contributed by atoms with Crippen molar-refractivity contribution in [2.75, 3.05) is 0 Å². The molecule has 0 bridgehead atoms. The summed E-state index contributed by atoms with van der Waals surface area (Å²) in [6.07, 6.45) is 0. The maximum Gasteiger partial charge on any atom is 0.164 e. The maximum atomic E-state index is 5.09. The lowest BCUT2D eigenvalue weighted by Crippen LogP contribution is -2.01. The number of hydrogen-bond acceptors (Lipinski definition) is 3. The molecule has 2 heterocycles. The van der Waals surface area contributed by atoms with E-state index in [1.807, 2.05) is 60.7 Å². The maximum absolute atomic E-state index is 5.09. The molecule has 0 aliphatic heterocycles. The molecule has 7 aromatic carbocycles. The molecule has 0 fully saturated rings. The highest BCUT2D eigenvalue weighted by molar-refractivity contribution is 6.21. The van der Waals surface area contributed by atoms with Gasteiger partial charge in [0.05, 0.1) is 11.0 Å². The van der Waals surface area contributed by atoms with E-state index in [2.05, 4.69) is 114 Å². The van der Waals surface area contributed by atoms with Gasteiger partial charge >= 0.3 is 0 Å². The van der Waals surface area contributed by atoms with Crippen LogP contribution < -0.4 is 0 Å². The van der Waals surface area contributed by atoms with Crippen LogP contribution in [0.1, 0.15) is 0 Å². The van der Waals surface area contributed by atoms with Crippen LogP contribution in [0.2, 0.25) is 0 Å². The number of hydrogen-bond donors (Lipinski definition) is 0. The highest BCUT2D eigenvalue weighted by Crippen LogP contribution is 2.39. The zero-order valence-electron chi connectivity index (χ0n) is 25.5. The van der Waals surface area contributed by atoms with Gasteiger partial charge in [0.2, 0.25) is 0 Å². The predicted octanol–water partition coefficient (Wildman–Crippen LogP) is 10.8. The molecule has 0 aliphatic rings. The Bertz CT molecular complexity index is 2500. The Morgan fingerprint density at radius 2 is 0.851 bits per heavy atom. The Balaban J connectivity index is 1.34. The van der Waals surface area contributed by atoms with E-state index in [0.717, 1.165) is 44.5 Å². The van der Waals surface area contributed by atoms with Gasteiger partial charge in [0.15, 0.2) is 17.5 Å². The average Bonchev–Trinajstić information content (AvgIpc) is 3.50. The minimum atomic E-state index is 0.628. The van der Waals surface area contributed by atoms with Crippen LogP contribution in [-0.2, 0) is 0 Å². The summed E-state index contributed by atoms with van der Waals surface area (Å²) in [5.41, 5.74) is 8.39. The molecule has 0 amide bonds. The smallest absolute Gasteiger partial charge is 0.164 e. The van der Waals surface area contributed by atoms with Crippen LogP contribution in [-0.4, -0.2) is 19.5 Å². The highest BCUT2D eigenvalue weighted by atomic mass is 15.0. The first kappa shape index (κ1) is 27.0. The summed E-state index contributed by atoms with van der Waals surface area (Å²) in [5, 5.41) is 4.96. The summed E-state index contributed by atoms with van der Waals surface area (Å²) in [6.45, 7) is 0. The topological polar surface area (TPSA) is 43.6 Å². The SMILES string of the molecule is c1ccc(-c2cc(-c3nc(-c4ccccc4)nc(-c4ccccc4)n3)cc(-n3c4ccccc4c4c5ccccc5ccc43)c2)cc1. The van der Waals surface area contributed by atoms with E-state index < -0.39 is 0 Å². The number of nitrogens with zero attached hydrogens (tertiary/aromatic N) is 4. The van der Waals surface area contributed by atoms with Crippen molar-refractivity contribution in [1.29, 1.82) is 0 Å². The Labute approximate surface area is 272 Å². The standard InChI is InChI=1S/C43H28N4/c1-4-14-29(15-5-1)33-26-34(43-45-41(31-17-6-2-7-18-31)44-42(46-43)32-19-8-3-9-20-32)28-35(27-33)47-38-23-13-12-22-37(38)40-36-21-11-10-16-30(36)24-25-39(40)47/h1-28H. The highest BCUT2D eigenvalue weighted by Gasteiger charge is 2.18. The van der Waals surface area contributed by atoms with E-state index in [1.54, 1.807) is 0 Å². The fourth-order valence-corrected chi connectivity index (χ4v) is 6.62. The molecule has 0 atom stereocenters. The molecule has 0 N–H and O–H groups in total. The molecule has 0 unspecified atom stereocenters. The molecule has 0 aliphatic carbocycles. The van der Waals surface area contributed by atoms with Crippen molar-refractivity contribution < 1.29 is 0 Å². The van der Waals surface area contributed by atoms with Crippen molar-refractivity contribution in [3.63, 3.8) is 0 Å². The summed E-state index contributed by atoms with van der Waals surface area (Å²) in [7, 11) is 0. The predicted molar refractivity (Wildman–Crippen MR) is 193 cm³/mol. The Morgan fingerprint density at radius 3 is 1.51 bits per heavy atom. The van der Waals surface area contributed by atoms with Gasteiger partial charge in [-0.2, -0.15) is 0 Å². The minimum absolute atomic E-state index is 0.628. The molecular weight excluding hydrogens is 573 g/mol. The van der Waals surface area contributed by atoms with Crippen LogP contribution >= 0.6 is 0 Å². The summed E-state index contributed by atoms with van der Waals surface area (Å²) < 4.78 is 2.38. The van der Waals surface area contributed by atoms with E-state index in [-0.39, 0.29) is 0 Å². The average molecular weight is 601 g/mol. The number of rotatable bonds is 5. The Kier molecular flexibility index (Phi) is 6.43. The van der Waals surface area contributed by atoms with E-state index in [9.17, 15) is 0 Å². The first-order valence-electron chi connectivity index (χ1n) is 15.8. The van der Waals surface area contributed by atoms with Crippen LogP contribution in [0.25, 0.3) is 83.6 Å². The number of para-hydroxylation sites is 1. The van der Waals surface area contributed by atoms with E-state index in [4.69, 9.17) is 15.0 Å². The molecule has 9 rings (SSSR count). The van der Waals surface area contributed by atoms with E-state index in [0.29, 0.717) is 17.5 Å². The van der Waals surface area contributed by atoms with Crippen molar-refractivity contribution in [3.8, 4) is 51.0 Å².